The fraction of sp³-hybridized carbons (Fsp3) is 0.188. The Balaban J connectivity index is 2.05. The first-order valence-corrected chi connectivity index (χ1v) is 6.77. The van der Waals surface area contributed by atoms with Crippen LogP contribution in [0.25, 0.3) is 0 Å². The zero-order valence-corrected chi connectivity index (χ0v) is 12.1. The predicted octanol–water partition coefficient (Wildman–Crippen LogP) is 3.45. The fourth-order valence-corrected chi connectivity index (χ4v) is 2.00. The maximum absolute atomic E-state index is 13.4. The molecule has 3 nitrogen and oxygen atoms in total. The van der Waals surface area contributed by atoms with E-state index in [1.54, 1.807) is 0 Å². The predicted molar refractivity (Wildman–Crippen MR) is 75.1 cm³/mol. The molecule has 0 aliphatic heterocycles. The topological polar surface area (TPSA) is 49.3 Å². The van der Waals surface area contributed by atoms with E-state index in [-0.39, 0.29) is 5.56 Å². The lowest BCUT2D eigenvalue weighted by molar-refractivity contribution is -0.137. The van der Waals surface area contributed by atoms with Crippen LogP contribution in [-0.2, 0) is 6.18 Å². The van der Waals surface area contributed by atoms with E-state index in [1.165, 1.54) is 6.07 Å². The molecule has 8 heteroatoms. The van der Waals surface area contributed by atoms with Crippen LogP contribution in [0.4, 0.5) is 22.0 Å². The van der Waals surface area contributed by atoms with E-state index in [0.29, 0.717) is 6.07 Å². The van der Waals surface area contributed by atoms with Crippen molar-refractivity contribution in [2.45, 2.75) is 12.3 Å². The molecule has 0 fully saturated rings. The molecule has 0 unspecified atom stereocenters. The molecular weight excluding hydrogens is 333 g/mol. The Labute approximate surface area is 133 Å². The number of halogens is 5. The Bertz CT molecular complexity index is 745. The molecule has 24 heavy (non-hydrogen) atoms. The molecule has 2 N–H and O–H groups in total. The van der Waals surface area contributed by atoms with Gasteiger partial charge in [0.25, 0.3) is 5.91 Å². The second-order valence-electron chi connectivity index (χ2n) is 4.97. The van der Waals surface area contributed by atoms with Gasteiger partial charge < -0.3 is 10.4 Å². The summed E-state index contributed by atoms with van der Waals surface area (Å²) in [6.07, 6.45) is -5.98. The smallest absolute Gasteiger partial charge is 0.387 e. The van der Waals surface area contributed by atoms with E-state index in [1.807, 2.05) is 0 Å². The Hall–Kier alpha value is -2.48. The molecule has 0 heterocycles. The maximum Gasteiger partial charge on any atom is 0.416 e. The molecule has 0 radical (unpaired) electrons. The molecule has 0 saturated heterocycles. The Morgan fingerprint density at radius 3 is 2.46 bits per heavy atom. The quantitative estimate of drug-likeness (QED) is 0.834. The van der Waals surface area contributed by atoms with Crippen LogP contribution < -0.4 is 5.32 Å². The van der Waals surface area contributed by atoms with Crippen molar-refractivity contribution < 1.29 is 31.9 Å². The molecule has 0 bridgehead atoms. The highest BCUT2D eigenvalue weighted by Crippen LogP contribution is 2.30. The minimum absolute atomic E-state index is 0.0512. The largest absolute Gasteiger partial charge is 0.416 e. The van der Waals surface area contributed by atoms with E-state index in [4.69, 9.17) is 0 Å². The number of amides is 1. The van der Waals surface area contributed by atoms with E-state index in [9.17, 15) is 31.9 Å². The van der Waals surface area contributed by atoms with Crippen LogP contribution in [0.2, 0.25) is 0 Å². The molecule has 2 rings (SSSR count). The summed E-state index contributed by atoms with van der Waals surface area (Å²) in [5.74, 6) is -2.85. The highest BCUT2D eigenvalue weighted by atomic mass is 19.4. The molecule has 0 saturated carbocycles. The lowest BCUT2D eigenvalue weighted by Gasteiger charge is -2.14. The van der Waals surface area contributed by atoms with Crippen molar-refractivity contribution >= 4 is 5.91 Å². The van der Waals surface area contributed by atoms with Gasteiger partial charge in [-0.15, -0.1) is 0 Å². The van der Waals surface area contributed by atoms with Crippen LogP contribution in [0.3, 0.4) is 0 Å². The third kappa shape index (κ3) is 4.29. The van der Waals surface area contributed by atoms with Gasteiger partial charge in [0.05, 0.1) is 17.2 Å². The van der Waals surface area contributed by atoms with Gasteiger partial charge in [-0.2, -0.15) is 13.2 Å². The van der Waals surface area contributed by atoms with E-state index in [2.05, 4.69) is 5.32 Å². The normalized spacial score (nSPS) is 12.8. The summed E-state index contributed by atoms with van der Waals surface area (Å²) < 4.78 is 64.1. The van der Waals surface area contributed by atoms with Crippen molar-refractivity contribution in [2.75, 3.05) is 6.54 Å². The van der Waals surface area contributed by atoms with Gasteiger partial charge in [0.15, 0.2) is 0 Å². The highest BCUT2D eigenvalue weighted by Gasteiger charge is 2.30. The highest BCUT2D eigenvalue weighted by molar-refractivity contribution is 5.94. The fourth-order valence-electron chi connectivity index (χ4n) is 2.00. The summed E-state index contributed by atoms with van der Waals surface area (Å²) in [6, 6.07) is 6.35. The Morgan fingerprint density at radius 1 is 1.12 bits per heavy atom. The summed E-state index contributed by atoms with van der Waals surface area (Å²) in [6.45, 7) is -0.434. The zero-order chi connectivity index (χ0) is 17.9. The van der Waals surface area contributed by atoms with Gasteiger partial charge in [0, 0.05) is 12.6 Å². The number of nitrogens with one attached hydrogen (secondary N) is 1. The van der Waals surface area contributed by atoms with Gasteiger partial charge >= 0.3 is 6.18 Å². The number of aliphatic hydroxyl groups is 1. The molecule has 0 spiro atoms. The average Bonchev–Trinajstić information content (AvgIpc) is 2.51. The van der Waals surface area contributed by atoms with Crippen LogP contribution in [0, 0.1) is 11.6 Å². The molecule has 128 valence electrons. The molecule has 0 aromatic heterocycles. The molecule has 2 aromatic carbocycles. The lowest BCUT2D eigenvalue weighted by Crippen LogP contribution is -2.29. The number of alkyl halides is 3. The van der Waals surface area contributed by atoms with Gasteiger partial charge in [-0.25, -0.2) is 8.78 Å². The number of hydrogen-bond donors (Lipinski definition) is 2. The van der Waals surface area contributed by atoms with E-state index < -0.39 is 47.5 Å². The minimum Gasteiger partial charge on any atom is -0.387 e. The van der Waals surface area contributed by atoms with Crippen LogP contribution in [0.1, 0.15) is 27.6 Å². The molecule has 0 aliphatic rings. The molecular formula is C16H12F5NO2. The number of benzene rings is 2. The summed E-state index contributed by atoms with van der Waals surface area (Å²) in [4.78, 5) is 11.8. The molecule has 0 aliphatic carbocycles. The van der Waals surface area contributed by atoms with Crippen LogP contribution in [0.15, 0.2) is 42.5 Å². The van der Waals surface area contributed by atoms with Crippen LogP contribution >= 0.6 is 0 Å². The van der Waals surface area contributed by atoms with Crippen molar-refractivity contribution in [3.8, 4) is 0 Å². The summed E-state index contributed by atoms with van der Waals surface area (Å²) in [5.41, 5.74) is -1.42. The standard InChI is InChI=1S/C16H12F5NO2/c17-11-4-5-12(13(18)7-11)15(24)22-8-14(23)9-2-1-3-10(6-9)16(19,20)21/h1-7,14,23H,8H2,(H,22,24)/t14-/m0/s1. The average molecular weight is 345 g/mol. The van der Waals surface area contributed by atoms with E-state index >= 15 is 0 Å². The summed E-state index contributed by atoms with van der Waals surface area (Å²) in [7, 11) is 0. The van der Waals surface area contributed by atoms with Crippen molar-refractivity contribution in [1.29, 1.82) is 0 Å². The molecule has 1 amide bonds. The van der Waals surface area contributed by atoms with Crippen molar-refractivity contribution in [3.05, 3.63) is 70.8 Å². The third-order valence-electron chi connectivity index (χ3n) is 3.23. The summed E-state index contributed by atoms with van der Waals surface area (Å²) in [5, 5.41) is 12.1. The SMILES string of the molecule is O=C(NC[C@H](O)c1cccc(C(F)(F)F)c1)c1ccc(F)cc1F. The van der Waals surface area contributed by atoms with Gasteiger partial charge in [-0.1, -0.05) is 12.1 Å². The van der Waals surface area contributed by atoms with Crippen LogP contribution in [-0.4, -0.2) is 17.6 Å². The number of carbonyl (C=O) groups excluding carboxylic acids is 1. The van der Waals surface area contributed by atoms with Gasteiger partial charge in [0.1, 0.15) is 11.6 Å². The summed E-state index contributed by atoms with van der Waals surface area (Å²) >= 11 is 0. The third-order valence-corrected chi connectivity index (χ3v) is 3.23. The number of carbonyl (C=O) groups is 1. The first-order valence-electron chi connectivity index (χ1n) is 6.77. The number of rotatable bonds is 4. The van der Waals surface area contributed by atoms with Gasteiger partial charge in [-0.05, 0) is 29.8 Å². The van der Waals surface area contributed by atoms with E-state index in [0.717, 1.165) is 30.3 Å². The molecule has 2 aromatic rings. The Kier molecular flexibility index (Phi) is 5.18. The second-order valence-corrected chi connectivity index (χ2v) is 4.97. The first-order chi connectivity index (χ1) is 11.2. The second kappa shape index (κ2) is 6.96. The number of hydrogen-bond acceptors (Lipinski definition) is 2. The Morgan fingerprint density at radius 2 is 1.83 bits per heavy atom. The first kappa shape index (κ1) is 17.9. The van der Waals surface area contributed by atoms with Crippen molar-refractivity contribution in [1.82, 2.24) is 5.32 Å². The maximum atomic E-state index is 13.4. The monoisotopic (exact) mass is 345 g/mol. The van der Waals surface area contributed by atoms with Gasteiger partial charge in [0.2, 0.25) is 0 Å². The number of aliphatic hydroxyl groups excluding tert-OH is 1. The minimum atomic E-state index is -4.56. The molecule has 1 atom stereocenters. The zero-order valence-electron chi connectivity index (χ0n) is 12.1. The van der Waals surface area contributed by atoms with Crippen molar-refractivity contribution in [3.63, 3.8) is 0 Å². The van der Waals surface area contributed by atoms with Crippen LogP contribution in [0.5, 0.6) is 0 Å². The van der Waals surface area contributed by atoms with Gasteiger partial charge in [-0.3, -0.25) is 4.79 Å². The lowest BCUT2D eigenvalue weighted by atomic mass is 10.1. The van der Waals surface area contributed by atoms with Crippen molar-refractivity contribution in [2.24, 2.45) is 0 Å².